The fourth-order valence-corrected chi connectivity index (χ4v) is 2.92. The first-order chi connectivity index (χ1) is 11.6. The summed E-state index contributed by atoms with van der Waals surface area (Å²) in [5, 5.41) is 3.29. The first kappa shape index (κ1) is 16.4. The van der Waals surface area contributed by atoms with E-state index in [1.807, 2.05) is 24.3 Å². The summed E-state index contributed by atoms with van der Waals surface area (Å²) in [7, 11) is 0. The van der Waals surface area contributed by atoms with Gasteiger partial charge in [0.1, 0.15) is 0 Å². The lowest BCUT2D eigenvalue weighted by Gasteiger charge is -2.36. The van der Waals surface area contributed by atoms with Crippen molar-refractivity contribution in [2.45, 2.75) is 0 Å². The molecule has 7 heteroatoms. The smallest absolute Gasteiger partial charge is 0.287 e. The number of hydrogen-bond donors (Lipinski definition) is 1. The van der Waals surface area contributed by atoms with Gasteiger partial charge in [0.05, 0.1) is 23.5 Å². The summed E-state index contributed by atoms with van der Waals surface area (Å²) >= 11 is 6.21. The van der Waals surface area contributed by atoms with Gasteiger partial charge in [-0.1, -0.05) is 23.7 Å². The molecule has 6 nitrogen and oxygen atoms in total. The van der Waals surface area contributed by atoms with Gasteiger partial charge >= 0.3 is 0 Å². The van der Waals surface area contributed by atoms with Crippen LogP contribution < -0.4 is 10.2 Å². The van der Waals surface area contributed by atoms with E-state index in [0.717, 1.165) is 5.69 Å². The van der Waals surface area contributed by atoms with Gasteiger partial charge < -0.3 is 19.5 Å². The van der Waals surface area contributed by atoms with Crippen LogP contribution in [0, 0.1) is 0 Å². The minimum Gasteiger partial charge on any atom is -0.459 e. The molecule has 0 spiro atoms. The van der Waals surface area contributed by atoms with Crippen LogP contribution in [0.4, 0.5) is 5.69 Å². The van der Waals surface area contributed by atoms with E-state index in [1.165, 1.54) is 6.26 Å². The van der Waals surface area contributed by atoms with E-state index in [-0.39, 0.29) is 24.1 Å². The molecule has 0 aliphatic carbocycles. The fraction of sp³-hybridized carbons (Fsp3) is 0.294. The molecule has 0 saturated carbocycles. The van der Waals surface area contributed by atoms with Gasteiger partial charge in [0.2, 0.25) is 5.91 Å². The van der Waals surface area contributed by atoms with Gasteiger partial charge in [0, 0.05) is 26.2 Å². The summed E-state index contributed by atoms with van der Waals surface area (Å²) in [5.41, 5.74) is 0.984. The molecule has 1 aromatic heterocycles. The summed E-state index contributed by atoms with van der Waals surface area (Å²) in [6, 6.07) is 10.9. The molecule has 24 heavy (non-hydrogen) atoms. The highest BCUT2D eigenvalue weighted by Gasteiger charge is 2.22. The number of furan rings is 1. The molecule has 3 rings (SSSR count). The zero-order valence-corrected chi connectivity index (χ0v) is 13.8. The van der Waals surface area contributed by atoms with Gasteiger partial charge in [0.25, 0.3) is 5.91 Å². The van der Waals surface area contributed by atoms with Gasteiger partial charge in [0.15, 0.2) is 5.76 Å². The molecule has 2 aromatic rings. The van der Waals surface area contributed by atoms with Crippen molar-refractivity contribution >= 4 is 29.1 Å². The van der Waals surface area contributed by atoms with Crippen LogP contribution in [-0.4, -0.2) is 49.4 Å². The highest BCUT2D eigenvalue weighted by Crippen LogP contribution is 2.25. The van der Waals surface area contributed by atoms with Crippen molar-refractivity contribution < 1.29 is 14.0 Å². The first-order valence-corrected chi connectivity index (χ1v) is 8.12. The predicted molar refractivity (Wildman–Crippen MR) is 91.3 cm³/mol. The van der Waals surface area contributed by atoms with E-state index < -0.39 is 0 Å². The van der Waals surface area contributed by atoms with Crippen LogP contribution in [0.15, 0.2) is 47.1 Å². The van der Waals surface area contributed by atoms with Crippen molar-refractivity contribution in [3.8, 4) is 0 Å². The molecule has 0 radical (unpaired) electrons. The van der Waals surface area contributed by atoms with Gasteiger partial charge in [-0.25, -0.2) is 0 Å². The van der Waals surface area contributed by atoms with E-state index >= 15 is 0 Å². The molecule has 0 unspecified atom stereocenters. The number of carbonyl (C=O) groups is 2. The zero-order chi connectivity index (χ0) is 16.9. The number of piperazine rings is 1. The predicted octanol–water partition coefficient (Wildman–Crippen LogP) is 2.01. The molecular weight excluding hydrogens is 330 g/mol. The van der Waals surface area contributed by atoms with E-state index in [4.69, 9.17) is 16.0 Å². The Balaban J connectivity index is 1.48. The molecular formula is C17H18ClN3O3. The molecule has 0 atom stereocenters. The second-order valence-corrected chi connectivity index (χ2v) is 5.89. The van der Waals surface area contributed by atoms with Crippen LogP contribution in [0.5, 0.6) is 0 Å². The number of para-hydroxylation sites is 1. The maximum Gasteiger partial charge on any atom is 0.287 e. The van der Waals surface area contributed by atoms with Gasteiger partial charge in [-0.3, -0.25) is 9.59 Å². The Hall–Kier alpha value is -2.47. The van der Waals surface area contributed by atoms with Crippen molar-refractivity contribution in [3.63, 3.8) is 0 Å². The molecule has 1 N–H and O–H groups in total. The van der Waals surface area contributed by atoms with Crippen LogP contribution in [0.1, 0.15) is 10.6 Å². The molecule has 1 saturated heterocycles. The molecule has 2 heterocycles. The lowest BCUT2D eigenvalue weighted by Crippen LogP contribution is -2.51. The molecule has 1 fully saturated rings. The maximum atomic E-state index is 12.2. The highest BCUT2D eigenvalue weighted by molar-refractivity contribution is 6.33. The van der Waals surface area contributed by atoms with Crippen molar-refractivity contribution in [2.24, 2.45) is 0 Å². The van der Waals surface area contributed by atoms with E-state index in [1.54, 1.807) is 17.0 Å². The highest BCUT2D eigenvalue weighted by atomic mass is 35.5. The van der Waals surface area contributed by atoms with Gasteiger partial charge in [-0.15, -0.1) is 0 Å². The number of benzene rings is 1. The molecule has 0 bridgehead atoms. The normalized spacial score (nSPS) is 14.5. The van der Waals surface area contributed by atoms with Crippen molar-refractivity contribution in [1.29, 1.82) is 0 Å². The lowest BCUT2D eigenvalue weighted by atomic mass is 10.2. The monoisotopic (exact) mass is 347 g/mol. The van der Waals surface area contributed by atoms with E-state index in [9.17, 15) is 9.59 Å². The van der Waals surface area contributed by atoms with E-state index in [2.05, 4.69) is 10.2 Å². The third-order valence-corrected chi connectivity index (χ3v) is 4.29. The van der Waals surface area contributed by atoms with Crippen LogP contribution in [0.25, 0.3) is 0 Å². The Kier molecular flexibility index (Phi) is 5.05. The maximum absolute atomic E-state index is 12.2. The number of hydrogen-bond acceptors (Lipinski definition) is 4. The minimum atomic E-state index is -0.386. The zero-order valence-electron chi connectivity index (χ0n) is 13.1. The number of anilines is 1. The summed E-state index contributed by atoms with van der Waals surface area (Å²) in [6.45, 7) is 2.58. The topological polar surface area (TPSA) is 65.8 Å². The van der Waals surface area contributed by atoms with E-state index in [0.29, 0.717) is 31.2 Å². The second-order valence-electron chi connectivity index (χ2n) is 5.48. The summed E-state index contributed by atoms with van der Waals surface area (Å²) in [6.07, 6.45) is 1.42. The molecule has 1 aliphatic heterocycles. The van der Waals surface area contributed by atoms with Crippen LogP contribution in [-0.2, 0) is 4.79 Å². The number of nitrogens with zero attached hydrogens (tertiary/aromatic N) is 2. The van der Waals surface area contributed by atoms with Crippen LogP contribution in [0.3, 0.4) is 0 Å². The Labute approximate surface area is 145 Å². The number of halogens is 1. The van der Waals surface area contributed by atoms with Crippen molar-refractivity contribution in [1.82, 2.24) is 10.2 Å². The molecule has 2 amide bonds. The fourth-order valence-electron chi connectivity index (χ4n) is 2.67. The van der Waals surface area contributed by atoms with Crippen LogP contribution >= 0.6 is 11.6 Å². The summed E-state index contributed by atoms with van der Waals surface area (Å²) < 4.78 is 4.99. The molecule has 1 aromatic carbocycles. The minimum absolute atomic E-state index is 0.0361. The quantitative estimate of drug-likeness (QED) is 0.918. The lowest BCUT2D eigenvalue weighted by molar-refractivity contribution is -0.130. The summed E-state index contributed by atoms with van der Waals surface area (Å²) in [5.74, 6) is -0.289. The summed E-state index contributed by atoms with van der Waals surface area (Å²) in [4.78, 5) is 27.9. The van der Waals surface area contributed by atoms with Gasteiger partial charge in [-0.05, 0) is 24.3 Å². The second kappa shape index (κ2) is 7.40. The Morgan fingerprint density at radius 1 is 1.08 bits per heavy atom. The van der Waals surface area contributed by atoms with Crippen molar-refractivity contribution in [3.05, 3.63) is 53.4 Å². The number of nitrogens with one attached hydrogen (secondary N) is 1. The third-order valence-electron chi connectivity index (χ3n) is 3.97. The number of rotatable bonds is 4. The Bertz CT molecular complexity index is 710. The molecule has 126 valence electrons. The van der Waals surface area contributed by atoms with Crippen LogP contribution in [0.2, 0.25) is 5.02 Å². The average Bonchev–Trinajstić information content (AvgIpc) is 3.15. The standard InChI is InChI=1S/C17H18ClN3O3/c18-13-4-1-2-5-14(13)20-7-9-21(10-8-20)16(22)12-19-17(23)15-6-3-11-24-15/h1-6,11H,7-10,12H2,(H,19,23). The van der Waals surface area contributed by atoms with Gasteiger partial charge in [-0.2, -0.15) is 0 Å². The molecule has 1 aliphatic rings. The third kappa shape index (κ3) is 3.71. The largest absolute Gasteiger partial charge is 0.459 e. The average molecular weight is 348 g/mol. The number of amides is 2. The first-order valence-electron chi connectivity index (χ1n) is 7.74. The Morgan fingerprint density at radius 2 is 1.83 bits per heavy atom. The Morgan fingerprint density at radius 3 is 2.50 bits per heavy atom. The SMILES string of the molecule is O=C(NCC(=O)N1CCN(c2ccccc2Cl)CC1)c1ccco1. The van der Waals surface area contributed by atoms with Crippen molar-refractivity contribution in [2.75, 3.05) is 37.6 Å². The number of carbonyl (C=O) groups excluding carboxylic acids is 2.